The van der Waals surface area contributed by atoms with Crippen molar-refractivity contribution in [3.8, 4) is 0 Å². The van der Waals surface area contributed by atoms with Crippen LogP contribution in [-0.4, -0.2) is 55.9 Å². The van der Waals surface area contributed by atoms with E-state index in [4.69, 9.17) is 5.73 Å². The van der Waals surface area contributed by atoms with Crippen LogP contribution in [-0.2, 0) is 11.3 Å². The van der Waals surface area contributed by atoms with E-state index in [1.54, 1.807) is 4.68 Å². The van der Waals surface area contributed by atoms with Gasteiger partial charge in [-0.3, -0.25) is 4.79 Å². The van der Waals surface area contributed by atoms with Gasteiger partial charge in [0.25, 0.3) is 0 Å². The second-order valence-corrected chi connectivity index (χ2v) is 6.18. The van der Waals surface area contributed by atoms with E-state index in [1.807, 2.05) is 4.90 Å². The van der Waals surface area contributed by atoms with E-state index >= 15 is 0 Å². The summed E-state index contributed by atoms with van der Waals surface area (Å²) in [4.78, 5) is 14.5. The van der Waals surface area contributed by atoms with Crippen molar-refractivity contribution in [2.45, 2.75) is 56.8 Å². The second kappa shape index (κ2) is 8.33. The number of carbonyl (C=O) groups is 1. The summed E-state index contributed by atoms with van der Waals surface area (Å²) in [5.74, 6) is 0.562. The Morgan fingerprint density at radius 1 is 1.43 bits per heavy atom. The van der Waals surface area contributed by atoms with Crippen molar-refractivity contribution in [3.05, 3.63) is 0 Å². The molecule has 1 aromatic heterocycles. The lowest BCUT2D eigenvalue weighted by Crippen LogP contribution is -2.42. The summed E-state index contributed by atoms with van der Waals surface area (Å²) in [6.45, 7) is 3.88. The number of hydrogen-bond acceptors (Lipinski definition) is 6. The number of aromatic nitrogens is 4. The largest absolute Gasteiger partial charge is 0.339 e. The predicted octanol–water partition coefficient (Wildman–Crippen LogP) is 0.905. The molecule has 0 aromatic carbocycles. The first kappa shape index (κ1) is 16.2. The number of nitrogens with two attached hydrogens (primary N) is 1. The van der Waals surface area contributed by atoms with Crippen LogP contribution in [0, 0.1) is 0 Å². The van der Waals surface area contributed by atoms with Crippen molar-refractivity contribution in [1.29, 1.82) is 0 Å². The maximum Gasteiger partial charge on any atom is 0.233 e. The molecular weight excluding hydrogens is 288 g/mol. The highest BCUT2D eigenvalue weighted by Crippen LogP contribution is 2.24. The molecule has 1 aromatic rings. The van der Waals surface area contributed by atoms with Crippen LogP contribution >= 0.6 is 11.8 Å². The Morgan fingerprint density at radius 3 is 2.86 bits per heavy atom. The molecule has 1 heterocycles. The molecule has 0 atom stereocenters. The SMILES string of the molecule is CCN(C(=O)CSc1nnnn1CCN)C1CCCCC1. The number of rotatable bonds is 7. The molecule has 118 valence electrons. The van der Waals surface area contributed by atoms with Crippen molar-refractivity contribution in [2.75, 3.05) is 18.8 Å². The lowest BCUT2D eigenvalue weighted by Gasteiger charge is -2.33. The third-order valence-corrected chi connectivity index (χ3v) is 4.78. The Bertz CT molecular complexity index is 446. The van der Waals surface area contributed by atoms with Gasteiger partial charge in [-0.15, -0.1) is 5.10 Å². The molecule has 21 heavy (non-hydrogen) atoms. The van der Waals surface area contributed by atoms with Gasteiger partial charge in [0.15, 0.2) is 0 Å². The Balaban J connectivity index is 1.88. The molecule has 0 spiro atoms. The Labute approximate surface area is 129 Å². The molecule has 1 fully saturated rings. The van der Waals surface area contributed by atoms with Gasteiger partial charge < -0.3 is 10.6 Å². The van der Waals surface area contributed by atoms with E-state index in [1.165, 1.54) is 31.0 Å². The summed E-state index contributed by atoms with van der Waals surface area (Å²) in [6.07, 6.45) is 6.03. The number of nitrogens with zero attached hydrogens (tertiary/aromatic N) is 5. The third-order valence-electron chi connectivity index (χ3n) is 3.84. The van der Waals surface area contributed by atoms with E-state index in [0.717, 1.165) is 19.4 Å². The topological polar surface area (TPSA) is 89.9 Å². The monoisotopic (exact) mass is 312 g/mol. The third kappa shape index (κ3) is 4.41. The maximum atomic E-state index is 12.4. The molecule has 1 saturated carbocycles. The summed E-state index contributed by atoms with van der Waals surface area (Å²) in [6, 6.07) is 0.414. The minimum atomic E-state index is 0.177. The smallest absolute Gasteiger partial charge is 0.233 e. The second-order valence-electron chi connectivity index (χ2n) is 5.23. The lowest BCUT2D eigenvalue weighted by atomic mass is 9.94. The van der Waals surface area contributed by atoms with Crippen molar-refractivity contribution in [1.82, 2.24) is 25.1 Å². The standard InChI is InChI=1S/C13H24N6OS/c1-2-18(11-6-4-3-5-7-11)12(20)10-21-13-15-16-17-19(13)9-8-14/h11H,2-10,14H2,1H3. The molecule has 0 unspecified atom stereocenters. The highest BCUT2D eigenvalue weighted by atomic mass is 32.2. The molecule has 1 aliphatic carbocycles. The average molecular weight is 312 g/mol. The first-order valence-corrected chi connectivity index (χ1v) is 8.63. The van der Waals surface area contributed by atoms with Crippen molar-refractivity contribution in [3.63, 3.8) is 0 Å². The summed E-state index contributed by atoms with van der Waals surface area (Å²) in [5, 5.41) is 12.1. The molecule has 7 nitrogen and oxygen atoms in total. The van der Waals surface area contributed by atoms with Crippen molar-refractivity contribution < 1.29 is 4.79 Å². The van der Waals surface area contributed by atoms with Crippen LogP contribution in [0.1, 0.15) is 39.0 Å². The highest BCUT2D eigenvalue weighted by Gasteiger charge is 2.24. The molecule has 8 heteroatoms. The first-order chi connectivity index (χ1) is 10.3. The van der Waals surface area contributed by atoms with E-state index in [-0.39, 0.29) is 5.91 Å². The van der Waals surface area contributed by atoms with E-state index in [0.29, 0.717) is 30.0 Å². The van der Waals surface area contributed by atoms with Crippen LogP contribution in [0.2, 0.25) is 0 Å². The molecule has 0 saturated heterocycles. The van der Waals surface area contributed by atoms with Crippen molar-refractivity contribution in [2.24, 2.45) is 5.73 Å². The zero-order chi connectivity index (χ0) is 15.1. The fourth-order valence-electron chi connectivity index (χ4n) is 2.80. The number of tetrazole rings is 1. The summed E-state index contributed by atoms with van der Waals surface area (Å²) < 4.78 is 1.65. The number of carbonyl (C=O) groups excluding carboxylic acids is 1. The van der Waals surface area contributed by atoms with Gasteiger partial charge in [0.05, 0.1) is 12.3 Å². The molecule has 2 rings (SSSR count). The summed E-state index contributed by atoms with van der Waals surface area (Å²) >= 11 is 1.39. The fraction of sp³-hybridized carbons (Fsp3) is 0.846. The quantitative estimate of drug-likeness (QED) is 0.753. The molecule has 1 amide bonds. The molecule has 0 radical (unpaired) electrons. The van der Waals surface area contributed by atoms with Gasteiger partial charge in [-0.2, -0.15) is 0 Å². The minimum absolute atomic E-state index is 0.177. The summed E-state index contributed by atoms with van der Waals surface area (Å²) in [5.41, 5.74) is 5.51. The fourth-order valence-corrected chi connectivity index (χ4v) is 3.59. The molecular formula is C13H24N6OS. The summed E-state index contributed by atoms with van der Waals surface area (Å²) in [7, 11) is 0. The van der Waals surface area contributed by atoms with Gasteiger partial charge in [-0.25, -0.2) is 4.68 Å². The minimum Gasteiger partial charge on any atom is -0.339 e. The van der Waals surface area contributed by atoms with Crippen LogP contribution in [0.25, 0.3) is 0 Å². The maximum absolute atomic E-state index is 12.4. The Morgan fingerprint density at radius 2 is 2.19 bits per heavy atom. The van der Waals surface area contributed by atoms with Crippen LogP contribution in [0.5, 0.6) is 0 Å². The first-order valence-electron chi connectivity index (χ1n) is 7.64. The van der Waals surface area contributed by atoms with E-state index < -0.39 is 0 Å². The van der Waals surface area contributed by atoms with Crippen LogP contribution in [0.4, 0.5) is 0 Å². The Hall–Kier alpha value is -1.15. The normalized spacial score (nSPS) is 16.1. The van der Waals surface area contributed by atoms with E-state index in [9.17, 15) is 4.79 Å². The van der Waals surface area contributed by atoms with Crippen molar-refractivity contribution >= 4 is 17.7 Å². The zero-order valence-corrected chi connectivity index (χ0v) is 13.4. The number of hydrogen-bond donors (Lipinski definition) is 1. The van der Waals surface area contributed by atoms with E-state index in [2.05, 4.69) is 22.4 Å². The molecule has 0 bridgehead atoms. The molecule has 2 N–H and O–H groups in total. The van der Waals surface area contributed by atoms with Gasteiger partial charge in [0.2, 0.25) is 11.1 Å². The van der Waals surface area contributed by atoms with Gasteiger partial charge in [0.1, 0.15) is 0 Å². The highest BCUT2D eigenvalue weighted by molar-refractivity contribution is 7.99. The van der Waals surface area contributed by atoms with Gasteiger partial charge in [0, 0.05) is 19.1 Å². The van der Waals surface area contributed by atoms with Gasteiger partial charge in [-0.05, 0) is 30.2 Å². The number of thioether (sulfide) groups is 1. The number of amides is 1. The molecule has 0 aliphatic heterocycles. The Kier molecular flexibility index (Phi) is 6.44. The zero-order valence-electron chi connectivity index (χ0n) is 12.6. The van der Waals surface area contributed by atoms with Crippen LogP contribution in [0.3, 0.4) is 0 Å². The average Bonchev–Trinajstić information content (AvgIpc) is 2.95. The lowest BCUT2D eigenvalue weighted by molar-refractivity contribution is -0.131. The van der Waals surface area contributed by atoms with Crippen LogP contribution < -0.4 is 5.73 Å². The van der Waals surface area contributed by atoms with Gasteiger partial charge >= 0.3 is 0 Å². The predicted molar refractivity (Wildman–Crippen MR) is 81.9 cm³/mol. The van der Waals surface area contributed by atoms with Gasteiger partial charge in [-0.1, -0.05) is 31.0 Å². The van der Waals surface area contributed by atoms with Crippen LogP contribution in [0.15, 0.2) is 5.16 Å². The molecule has 1 aliphatic rings.